The SMILES string of the molecule is CC1CCCC(C(=O)NCCC(=O)N2CCOCC2)C1N. The predicted octanol–water partition coefficient (Wildman–Crippen LogP) is 0.115. The maximum atomic E-state index is 12.2. The molecular formula is C15H27N3O3. The minimum absolute atomic E-state index is 0.00354. The maximum Gasteiger partial charge on any atom is 0.224 e. The van der Waals surface area contributed by atoms with Crippen molar-refractivity contribution in [1.82, 2.24) is 10.2 Å². The van der Waals surface area contributed by atoms with Crippen LogP contribution in [-0.4, -0.2) is 55.6 Å². The third-order valence-electron chi connectivity index (χ3n) is 4.63. The average Bonchev–Trinajstić information content (AvgIpc) is 2.50. The van der Waals surface area contributed by atoms with Crippen molar-refractivity contribution in [1.29, 1.82) is 0 Å². The predicted molar refractivity (Wildman–Crippen MR) is 79.5 cm³/mol. The second-order valence-electron chi connectivity index (χ2n) is 6.13. The highest BCUT2D eigenvalue weighted by molar-refractivity contribution is 5.81. The molecule has 0 aromatic carbocycles. The van der Waals surface area contributed by atoms with Crippen molar-refractivity contribution in [2.24, 2.45) is 17.6 Å². The molecular weight excluding hydrogens is 270 g/mol. The number of morpholine rings is 1. The van der Waals surface area contributed by atoms with E-state index in [-0.39, 0.29) is 23.8 Å². The summed E-state index contributed by atoms with van der Waals surface area (Å²) in [4.78, 5) is 25.9. The molecule has 3 unspecified atom stereocenters. The van der Waals surface area contributed by atoms with Gasteiger partial charge in [-0.1, -0.05) is 13.3 Å². The highest BCUT2D eigenvalue weighted by Gasteiger charge is 2.32. The average molecular weight is 297 g/mol. The molecule has 6 nitrogen and oxygen atoms in total. The number of ether oxygens (including phenoxy) is 1. The number of carbonyl (C=O) groups excluding carboxylic acids is 2. The van der Waals surface area contributed by atoms with Crippen LogP contribution in [0.4, 0.5) is 0 Å². The fourth-order valence-electron chi connectivity index (χ4n) is 3.14. The lowest BCUT2D eigenvalue weighted by Crippen LogP contribution is -2.48. The number of carbonyl (C=O) groups is 2. The van der Waals surface area contributed by atoms with Gasteiger partial charge in [0, 0.05) is 32.1 Å². The first-order valence-corrected chi connectivity index (χ1v) is 7.98. The quantitative estimate of drug-likeness (QED) is 0.771. The number of nitrogens with zero attached hydrogens (tertiary/aromatic N) is 1. The van der Waals surface area contributed by atoms with Crippen LogP contribution in [0.2, 0.25) is 0 Å². The molecule has 0 aromatic rings. The standard InChI is InChI=1S/C15H27N3O3/c1-11-3-2-4-12(14(11)16)15(20)17-6-5-13(19)18-7-9-21-10-8-18/h11-12,14H,2-10,16H2,1H3,(H,17,20). The Morgan fingerprint density at radius 3 is 2.71 bits per heavy atom. The Labute approximate surface area is 126 Å². The molecule has 120 valence electrons. The van der Waals surface area contributed by atoms with E-state index in [0.717, 1.165) is 19.3 Å². The van der Waals surface area contributed by atoms with E-state index in [9.17, 15) is 9.59 Å². The molecule has 0 radical (unpaired) electrons. The first-order valence-electron chi connectivity index (χ1n) is 7.98. The summed E-state index contributed by atoms with van der Waals surface area (Å²) in [5, 5.41) is 2.88. The fraction of sp³-hybridized carbons (Fsp3) is 0.867. The molecule has 2 aliphatic rings. The molecule has 1 heterocycles. The van der Waals surface area contributed by atoms with Gasteiger partial charge < -0.3 is 20.7 Å². The van der Waals surface area contributed by atoms with Gasteiger partial charge in [-0.15, -0.1) is 0 Å². The van der Waals surface area contributed by atoms with Gasteiger partial charge in [-0.25, -0.2) is 0 Å². The largest absolute Gasteiger partial charge is 0.378 e. The number of amides is 2. The minimum Gasteiger partial charge on any atom is -0.378 e. The third-order valence-corrected chi connectivity index (χ3v) is 4.63. The van der Waals surface area contributed by atoms with Gasteiger partial charge >= 0.3 is 0 Å². The lowest BCUT2D eigenvalue weighted by molar-refractivity contribution is -0.135. The van der Waals surface area contributed by atoms with Crippen LogP contribution in [0.25, 0.3) is 0 Å². The monoisotopic (exact) mass is 297 g/mol. The summed E-state index contributed by atoms with van der Waals surface area (Å²) in [6.07, 6.45) is 3.36. The van der Waals surface area contributed by atoms with Crippen molar-refractivity contribution in [2.75, 3.05) is 32.8 Å². The zero-order valence-corrected chi connectivity index (χ0v) is 12.8. The Kier molecular flexibility index (Phi) is 5.99. The number of hydrogen-bond acceptors (Lipinski definition) is 4. The van der Waals surface area contributed by atoms with Crippen molar-refractivity contribution < 1.29 is 14.3 Å². The van der Waals surface area contributed by atoms with Crippen LogP contribution in [0.3, 0.4) is 0 Å². The third kappa shape index (κ3) is 4.41. The van der Waals surface area contributed by atoms with Gasteiger partial charge in [0.2, 0.25) is 11.8 Å². The van der Waals surface area contributed by atoms with Crippen molar-refractivity contribution >= 4 is 11.8 Å². The van der Waals surface area contributed by atoms with E-state index in [1.54, 1.807) is 4.90 Å². The molecule has 1 saturated heterocycles. The van der Waals surface area contributed by atoms with Gasteiger partial charge in [-0.2, -0.15) is 0 Å². The van der Waals surface area contributed by atoms with Crippen LogP contribution in [0.1, 0.15) is 32.6 Å². The van der Waals surface area contributed by atoms with E-state index >= 15 is 0 Å². The summed E-state index contributed by atoms with van der Waals surface area (Å²) in [6, 6.07) is -0.0614. The smallest absolute Gasteiger partial charge is 0.224 e. The Balaban J connectivity index is 1.70. The fourth-order valence-corrected chi connectivity index (χ4v) is 3.14. The van der Waals surface area contributed by atoms with Crippen molar-refractivity contribution in [3.63, 3.8) is 0 Å². The minimum atomic E-state index is -0.104. The van der Waals surface area contributed by atoms with E-state index in [0.29, 0.717) is 45.2 Å². The van der Waals surface area contributed by atoms with E-state index < -0.39 is 0 Å². The summed E-state index contributed by atoms with van der Waals surface area (Å²) in [5.74, 6) is 0.375. The molecule has 1 aliphatic heterocycles. The zero-order valence-electron chi connectivity index (χ0n) is 12.8. The van der Waals surface area contributed by atoms with Crippen molar-refractivity contribution in [3.05, 3.63) is 0 Å². The van der Waals surface area contributed by atoms with Gasteiger partial charge in [-0.3, -0.25) is 9.59 Å². The van der Waals surface area contributed by atoms with Crippen LogP contribution >= 0.6 is 0 Å². The van der Waals surface area contributed by atoms with Crippen LogP contribution < -0.4 is 11.1 Å². The van der Waals surface area contributed by atoms with Crippen LogP contribution in [0.5, 0.6) is 0 Å². The normalized spacial score (nSPS) is 30.0. The second-order valence-corrected chi connectivity index (χ2v) is 6.13. The molecule has 0 aromatic heterocycles. The molecule has 21 heavy (non-hydrogen) atoms. The molecule has 2 fully saturated rings. The number of hydrogen-bond donors (Lipinski definition) is 2. The van der Waals surface area contributed by atoms with Gasteiger partial charge in [0.05, 0.1) is 19.1 Å². The Morgan fingerprint density at radius 2 is 2.00 bits per heavy atom. The Hall–Kier alpha value is -1.14. The summed E-state index contributed by atoms with van der Waals surface area (Å²) in [6.45, 7) is 5.01. The van der Waals surface area contributed by atoms with Gasteiger partial charge in [0.25, 0.3) is 0 Å². The lowest BCUT2D eigenvalue weighted by atomic mass is 9.78. The molecule has 3 atom stereocenters. The summed E-state index contributed by atoms with van der Waals surface area (Å²) < 4.78 is 5.22. The van der Waals surface area contributed by atoms with E-state index in [2.05, 4.69) is 12.2 Å². The molecule has 2 rings (SSSR count). The molecule has 6 heteroatoms. The Bertz CT molecular complexity index is 369. The van der Waals surface area contributed by atoms with Gasteiger partial charge in [0.1, 0.15) is 0 Å². The molecule has 1 saturated carbocycles. The molecule has 3 N–H and O–H groups in total. The van der Waals surface area contributed by atoms with Crippen molar-refractivity contribution in [3.8, 4) is 0 Å². The summed E-state index contributed by atoms with van der Waals surface area (Å²) in [7, 11) is 0. The van der Waals surface area contributed by atoms with Crippen LogP contribution in [-0.2, 0) is 14.3 Å². The zero-order chi connectivity index (χ0) is 15.2. The van der Waals surface area contributed by atoms with Crippen LogP contribution in [0.15, 0.2) is 0 Å². The second kappa shape index (κ2) is 7.75. The molecule has 0 bridgehead atoms. The summed E-state index contributed by atoms with van der Waals surface area (Å²) >= 11 is 0. The van der Waals surface area contributed by atoms with Gasteiger partial charge in [-0.05, 0) is 18.8 Å². The van der Waals surface area contributed by atoms with E-state index in [4.69, 9.17) is 10.5 Å². The first-order chi connectivity index (χ1) is 10.1. The van der Waals surface area contributed by atoms with E-state index in [1.807, 2.05) is 0 Å². The number of rotatable bonds is 4. The summed E-state index contributed by atoms with van der Waals surface area (Å²) in [5.41, 5.74) is 6.12. The van der Waals surface area contributed by atoms with Gasteiger partial charge in [0.15, 0.2) is 0 Å². The highest BCUT2D eigenvalue weighted by atomic mass is 16.5. The molecule has 2 amide bonds. The lowest BCUT2D eigenvalue weighted by Gasteiger charge is -2.33. The first kappa shape index (κ1) is 16.2. The van der Waals surface area contributed by atoms with Crippen LogP contribution in [0, 0.1) is 11.8 Å². The topological polar surface area (TPSA) is 84.7 Å². The molecule has 1 aliphatic carbocycles. The van der Waals surface area contributed by atoms with E-state index in [1.165, 1.54) is 0 Å². The number of nitrogens with one attached hydrogen (secondary N) is 1. The Morgan fingerprint density at radius 1 is 1.29 bits per heavy atom. The highest BCUT2D eigenvalue weighted by Crippen LogP contribution is 2.27. The number of nitrogens with two attached hydrogens (primary N) is 1. The molecule has 0 spiro atoms. The maximum absolute atomic E-state index is 12.2. The van der Waals surface area contributed by atoms with Crippen molar-refractivity contribution in [2.45, 2.75) is 38.6 Å².